The second kappa shape index (κ2) is 11.7. The van der Waals surface area contributed by atoms with E-state index in [0.29, 0.717) is 17.2 Å². The second-order valence-electron chi connectivity index (χ2n) is 9.61. The van der Waals surface area contributed by atoms with E-state index in [1.165, 1.54) is 4.68 Å². The summed E-state index contributed by atoms with van der Waals surface area (Å²) in [4.78, 5) is 36.1. The van der Waals surface area contributed by atoms with E-state index in [9.17, 15) is 9.59 Å². The molecule has 5 rings (SSSR count). The lowest BCUT2D eigenvalue weighted by molar-refractivity contribution is -0.118. The molecule has 0 fully saturated rings. The highest BCUT2D eigenvalue weighted by atomic mass is 16.2. The van der Waals surface area contributed by atoms with Crippen molar-refractivity contribution in [1.82, 2.24) is 25.1 Å². The van der Waals surface area contributed by atoms with Crippen molar-refractivity contribution in [3.63, 3.8) is 0 Å². The average Bonchev–Trinajstić information content (AvgIpc) is 3.41. The topological polar surface area (TPSA) is 102 Å². The summed E-state index contributed by atoms with van der Waals surface area (Å²) >= 11 is 0. The molecule has 5 aromatic rings. The van der Waals surface area contributed by atoms with Crippen LogP contribution in [0.25, 0.3) is 11.3 Å². The quantitative estimate of drug-likeness (QED) is 0.292. The van der Waals surface area contributed by atoms with Crippen LogP contribution in [0, 0.1) is 13.8 Å². The van der Waals surface area contributed by atoms with E-state index < -0.39 is 12.0 Å². The van der Waals surface area contributed by atoms with Crippen LogP contribution >= 0.6 is 0 Å². The molecule has 2 N–H and O–H groups in total. The van der Waals surface area contributed by atoms with Gasteiger partial charge >= 0.3 is 0 Å². The van der Waals surface area contributed by atoms with E-state index in [-0.39, 0.29) is 11.8 Å². The van der Waals surface area contributed by atoms with Crippen molar-refractivity contribution in [3.8, 4) is 11.3 Å². The average molecular weight is 531 g/mol. The van der Waals surface area contributed by atoms with E-state index in [4.69, 9.17) is 0 Å². The molecule has 1 atom stereocenters. The van der Waals surface area contributed by atoms with Crippen LogP contribution in [0.3, 0.4) is 0 Å². The van der Waals surface area contributed by atoms with Crippen molar-refractivity contribution in [3.05, 3.63) is 132 Å². The number of carbonyl (C=O) groups is 2. The molecule has 8 heteroatoms. The minimum absolute atomic E-state index is 0.338. The Hall–Kier alpha value is -5.11. The van der Waals surface area contributed by atoms with Crippen LogP contribution in [-0.4, -0.2) is 37.6 Å². The third kappa shape index (κ3) is 5.81. The molecular weight excluding hydrogens is 500 g/mol. The fourth-order valence-corrected chi connectivity index (χ4v) is 4.76. The maximum absolute atomic E-state index is 14.0. The van der Waals surface area contributed by atoms with Gasteiger partial charge in [0.25, 0.3) is 5.91 Å². The minimum Gasteiger partial charge on any atom is -0.338 e. The Morgan fingerprint density at radius 1 is 0.825 bits per heavy atom. The Bertz CT molecular complexity index is 1580. The first kappa shape index (κ1) is 26.5. The van der Waals surface area contributed by atoms with Crippen LogP contribution in [0.4, 0.5) is 5.69 Å². The number of nitrogens with zero attached hydrogens (tertiary/aromatic N) is 4. The lowest BCUT2D eigenvalue weighted by atomic mass is 9.84. The molecule has 0 aliphatic carbocycles. The Kier molecular flexibility index (Phi) is 7.77. The lowest BCUT2D eigenvalue weighted by Crippen LogP contribution is -2.48. The van der Waals surface area contributed by atoms with Gasteiger partial charge in [-0.25, -0.2) is 9.97 Å². The summed E-state index contributed by atoms with van der Waals surface area (Å²) in [5.41, 5.74) is 5.52. The predicted molar refractivity (Wildman–Crippen MR) is 155 cm³/mol. The van der Waals surface area contributed by atoms with Crippen LogP contribution in [0.5, 0.6) is 0 Å². The van der Waals surface area contributed by atoms with Crippen molar-refractivity contribution in [1.29, 1.82) is 0 Å². The number of hydrogen-bond acceptors (Lipinski definition) is 5. The number of hydrogen-bond donors (Lipinski definition) is 2. The van der Waals surface area contributed by atoms with Gasteiger partial charge in [-0.1, -0.05) is 72.8 Å². The van der Waals surface area contributed by atoms with Gasteiger partial charge < -0.3 is 10.6 Å². The molecule has 0 spiro atoms. The Morgan fingerprint density at radius 3 is 2.02 bits per heavy atom. The lowest BCUT2D eigenvalue weighted by Gasteiger charge is -2.28. The number of nitrogens with one attached hydrogen (secondary N) is 2. The fraction of sp³-hybridized carbons (Fsp3) is 0.156. The highest BCUT2D eigenvalue weighted by molar-refractivity contribution is 6.01. The van der Waals surface area contributed by atoms with Crippen LogP contribution in [0.2, 0.25) is 0 Å². The molecule has 40 heavy (non-hydrogen) atoms. The van der Waals surface area contributed by atoms with Crippen LogP contribution in [0.1, 0.15) is 38.9 Å². The number of aromatic nitrogens is 4. The first-order valence-corrected chi connectivity index (χ1v) is 13.0. The first-order valence-electron chi connectivity index (χ1n) is 13.0. The Labute approximate surface area is 233 Å². The maximum atomic E-state index is 14.0. The summed E-state index contributed by atoms with van der Waals surface area (Å²) in [7, 11) is 1.69. The number of aryl methyl sites for hydroxylation is 3. The van der Waals surface area contributed by atoms with Gasteiger partial charge in [0.05, 0.1) is 5.69 Å². The van der Waals surface area contributed by atoms with Crippen molar-refractivity contribution in [2.45, 2.75) is 25.8 Å². The zero-order valence-electron chi connectivity index (χ0n) is 22.6. The molecule has 200 valence electrons. The Balaban J connectivity index is 1.49. The van der Waals surface area contributed by atoms with E-state index in [1.807, 2.05) is 98.8 Å². The van der Waals surface area contributed by atoms with Gasteiger partial charge in [-0.15, -0.1) is 0 Å². The van der Waals surface area contributed by atoms with Crippen molar-refractivity contribution in [2.24, 2.45) is 7.05 Å². The van der Waals surface area contributed by atoms with Crippen LogP contribution in [0.15, 0.2) is 103 Å². The molecule has 0 saturated carbocycles. The van der Waals surface area contributed by atoms with Gasteiger partial charge in [-0.3, -0.25) is 14.3 Å². The molecule has 0 radical (unpaired) electrons. The Morgan fingerprint density at radius 2 is 1.45 bits per heavy atom. The summed E-state index contributed by atoms with van der Waals surface area (Å²) < 4.78 is 1.49. The van der Waals surface area contributed by atoms with E-state index in [1.54, 1.807) is 25.5 Å². The zero-order valence-corrected chi connectivity index (χ0v) is 22.6. The zero-order chi connectivity index (χ0) is 28.1. The molecular formula is C32H30N6O2. The van der Waals surface area contributed by atoms with Crippen molar-refractivity contribution in [2.75, 3.05) is 5.32 Å². The third-order valence-electron chi connectivity index (χ3n) is 6.79. The molecule has 2 amide bonds. The number of benzene rings is 3. The highest BCUT2D eigenvalue weighted by Crippen LogP contribution is 2.30. The molecule has 3 aromatic carbocycles. The third-order valence-corrected chi connectivity index (χ3v) is 6.79. The summed E-state index contributed by atoms with van der Waals surface area (Å²) in [6, 6.07) is 27.7. The highest BCUT2D eigenvalue weighted by Gasteiger charge is 2.33. The molecule has 8 nitrogen and oxygen atoms in total. The summed E-state index contributed by atoms with van der Waals surface area (Å²) in [5.74, 6) is -0.472. The van der Waals surface area contributed by atoms with Crippen LogP contribution < -0.4 is 10.6 Å². The molecule has 0 bridgehead atoms. The van der Waals surface area contributed by atoms with Gasteiger partial charge in [-0.2, -0.15) is 5.10 Å². The van der Waals surface area contributed by atoms with Gasteiger partial charge in [-0.05, 0) is 48.7 Å². The van der Waals surface area contributed by atoms with Gasteiger partial charge in [0.15, 0.2) is 0 Å². The smallest absolute Gasteiger partial charge is 0.270 e. The van der Waals surface area contributed by atoms with Crippen molar-refractivity contribution >= 4 is 17.5 Å². The molecule has 2 heterocycles. The fourth-order valence-electron chi connectivity index (χ4n) is 4.76. The molecule has 2 aromatic heterocycles. The number of carbonyl (C=O) groups excluding carboxylic acids is 2. The van der Waals surface area contributed by atoms with E-state index in [2.05, 4.69) is 25.7 Å². The second-order valence-corrected chi connectivity index (χ2v) is 9.61. The summed E-state index contributed by atoms with van der Waals surface area (Å²) in [6.45, 7) is 3.82. The largest absolute Gasteiger partial charge is 0.338 e. The first-order chi connectivity index (χ1) is 19.4. The minimum atomic E-state index is -0.918. The monoisotopic (exact) mass is 530 g/mol. The number of anilines is 1. The molecule has 1 unspecified atom stereocenters. The van der Waals surface area contributed by atoms with Gasteiger partial charge in [0.1, 0.15) is 17.6 Å². The number of amides is 2. The van der Waals surface area contributed by atoms with E-state index >= 15 is 0 Å². The summed E-state index contributed by atoms with van der Waals surface area (Å²) in [6.07, 6.45) is 3.36. The molecule has 0 saturated heterocycles. The van der Waals surface area contributed by atoms with Gasteiger partial charge in [0, 0.05) is 36.6 Å². The predicted octanol–water partition coefficient (Wildman–Crippen LogP) is 5.06. The van der Waals surface area contributed by atoms with Gasteiger partial charge in [0.2, 0.25) is 5.91 Å². The van der Waals surface area contributed by atoms with Crippen LogP contribution in [-0.2, 0) is 11.8 Å². The normalized spacial score (nSPS) is 11.7. The van der Waals surface area contributed by atoms with Crippen molar-refractivity contribution < 1.29 is 9.59 Å². The summed E-state index contributed by atoms with van der Waals surface area (Å²) in [5, 5.41) is 10.1. The standard InChI is InChI=1S/C32H30N6O2/c1-21-20-33-22(2)35-29(21)25-14-16-26(17-15-25)36-32(40)30(37-31(39)27-18-19-34-38(27)3)28(23-10-6-4-7-11-23)24-12-8-5-9-13-24/h4-20,28,30H,1-3H3,(H,36,40)(H,37,39). The molecule has 0 aliphatic rings. The maximum Gasteiger partial charge on any atom is 0.270 e. The van der Waals surface area contributed by atoms with E-state index in [0.717, 1.165) is 27.9 Å². The molecule has 0 aliphatic heterocycles. The number of rotatable bonds is 8. The SMILES string of the molecule is Cc1ncc(C)c(-c2ccc(NC(=O)C(NC(=O)c3ccnn3C)C(c3ccccc3)c3ccccc3)cc2)n1.